The molecular formula is C12H12FN3O3. The number of rotatable bonds is 1. The topological polar surface area (TPSA) is 79.4 Å². The summed E-state index contributed by atoms with van der Waals surface area (Å²) in [6, 6.07) is 2.31. The van der Waals surface area contributed by atoms with Crippen LogP contribution in [0.1, 0.15) is 24.3 Å². The maximum Gasteiger partial charge on any atom is 0.273 e. The van der Waals surface area contributed by atoms with Crippen LogP contribution < -0.4 is 5.32 Å². The summed E-state index contributed by atoms with van der Waals surface area (Å²) < 4.78 is 12.8. The standard InChI is InChI=1S/C12H12FN3O3/c1-12(2)11(19)15-9(17)6-16(12)10(18)8-4-3-7(13)5-14-8/h3-5H,6H2,1-2H3,(H,15,17,19). The number of hydrogen-bond acceptors (Lipinski definition) is 4. The molecule has 0 aliphatic carbocycles. The lowest BCUT2D eigenvalue weighted by Gasteiger charge is -2.39. The summed E-state index contributed by atoms with van der Waals surface area (Å²) in [6.45, 7) is 2.81. The molecule has 0 saturated carbocycles. The molecule has 1 saturated heterocycles. The number of piperazine rings is 1. The number of pyridine rings is 1. The fourth-order valence-electron chi connectivity index (χ4n) is 1.75. The first kappa shape index (κ1) is 13.1. The molecule has 1 aliphatic heterocycles. The van der Waals surface area contributed by atoms with Crippen LogP contribution in [0.15, 0.2) is 18.3 Å². The third-order valence-corrected chi connectivity index (χ3v) is 2.98. The largest absolute Gasteiger partial charge is 0.314 e. The van der Waals surface area contributed by atoms with Crippen molar-refractivity contribution in [3.63, 3.8) is 0 Å². The van der Waals surface area contributed by atoms with Crippen molar-refractivity contribution in [2.24, 2.45) is 0 Å². The van der Waals surface area contributed by atoms with Crippen LogP contribution in [-0.4, -0.2) is 39.7 Å². The molecule has 0 aromatic carbocycles. The van der Waals surface area contributed by atoms with Crippen LogP contribution in [0.3, 0.4) is 0 Å². The van der Waals surface area contributed by atoms with E-state index in [9.17, 15) is 18.8 Å². The zero-order valence-electron chi connectivity index (χ0n) is 10.4. The normalized spacial score (nSPS) is 18.2. The zero-order chi connectivity index (χ0) is 14.2. The summed E-state index contributed by atoms with van der Waals surface area (Å²) in [5.74, 6) is -2.27. The monoisotopic (exact) mass is 265 g/mol. The van der Waals surface area contributed by atoms with Crippen LogP contribution >= 0.6 is 0 Å². The molecule has 1 aromatic rings. The highest BCUT2D eigenvalue weighted by atomic mass is 19.1. The molecule has 6 nitrogen and oxygen atoms in total. The fourth-order valence-corrected chi connectivity index (χ4v) is 1.75. The Labute approximate surface area is 108 Å². The van der Waals surface area contributed by atoms with E-state index in [-0.39, 0.29) is 12.2 Å². The van der Waals surface area contributed by atoms with E-state index in [0.29, 0.717) is 0 Å². The predicted molar refractivity (Wildman–Crippen MR) is 62.5 cm³/mol. The second-order valence-electron chi connectivity index (χ2n) is 4.69. The van der Waals surface area contributed by atoms with E-state index in [2.05, 4.69) is 10.3 Å². The number of aromatic nitrogens is 1. The summed E-state index contributed by atoms with van der Waals surface area (Å²) in [5.41, 5.74) is -1.18. The van der Waals surface area contributed by atoms with E-state index in [0.717, 1.165) is 17.2 Å². The molecule has 19 heavy (non-hydrogen) atoms. The second-order valence-corrected chi connectivity index (χ2v) is 4.69. The predicted octanol–water partition coefficient (Wildman–Crippen LogP) is 0.0979. The Morgan fingerprint density at radius 3 is 2.68 bits per heavy atom. The van der Waals surface area contributed by atoms with Gasteiger partial charge in [0.15, 0.2) is 0 Å². The molecule has 0 bridgehead atoms. The van der Waals surface area contributed by atoms with Crippen LogP contribution in [0.2, 0.25) is 0 Å². The zero-order valence-corrected chi connectivity index (χ0v) is 10.4. The van der Waals surface area contributed by atoms with Crippen molar-refractivity contribution in [2.45, 2.75) is 19.4 Å². The first-order valence-corrected chi connectivity index (χ1v) is 5.60. The molecule has 1 aliphatic rings. The smallest absolute Gasteiger partial charge is 0.273 e. The first-order valence-electron chi connectivity index (χ1n) is 5.60. The van der Waals surface area contributed by atoms with Crippen molar-refractivity contribution in [3.8, 4) is 0 Å². The van der Waals surface area contributed by atoms with Gasteiger partial charge >= 0.3 is 0 Å². The molecule has 0 spiro atoms. The minimum absolute atomic E-state index is 0.0167. The Morgan fingerprint density at radius 2 is 2.11 bits per heavy atom. The van der Waals surface area contributed by atoms with E-state index in [1.165, 1.54) is 19.9 Å². The summed E-state index contributed by atoms with van der Waals surface area (Å²) >= 11 is 0. The lowest BCUT2D eigenvalue weighted by Crippen LogP contribution is -2.65. The Kier molecular flexibility index (Phi) is 3.05. The summed E-state index contributed by atoms with van der Waals surface area (Å²) in [4.78, 5) is 40.1. The molecule has 7 heteroatoms. The lowest BCUT2D eigenvalue weighted by atomic mass is 9.98. The highest BCUT2D eigenvalue weighted by molar-refractivity contribution is 6.08. The van der Waals surface area contributed by atoms with Gasteiger partial charge in [0.25, 0.3) is 11.8 Å². The van der Waals surface area contributed by atoms with Crippen molar-refractivity contribution in [2.75, 3.05) is 6.54 Å². The van der Waals surface area contributed by atoms with Crippen LogP contribution in [0, 0.1) is 5.82 Å². The first-order chi connectivity index (χ1) is 8.82. The number of nitrogens with zero attached hydrogens (tertiary/aromatic N) is 2. The van der Waals surface area contributed by atoms with E-state index < -0.39 is 29.1 Å². The van der Waals surface area contributed by atoms with Crippen molar-refractivity contribution >= 4 is 17.7 Å². The van der Waals surface area contributed by atoms with Crippen molar-refractivity contribution in [3.05, 3.63) is 29.8 Å². The maximum absolute atomic E-state index is 12.8. The van der Waals surface area contributed by atoms with Gasteiger partial charge < -0.3 is 4.90 Å². The van der Waals surface area contributed by atoms with E-state index >= 15 is 0 Å². The van der Waals surface area contributed by atoms with Gasteiger partial charge in [0.05, 0.1) is 6.20 Å². The quantitative estimate of drug-likeness (QED) is 0.730. The van der Waals surface area contributed by atoms with Gasteiger partial charge in [-0.3, -0.25) is 19.7 Å². The number of hydrogen-bond donors (Lipinski definition) is 1. The SMILES string of the molecule is CC1(C)C(=O)NC(=O)CN1C(=O)c1ccc(F)cn1. The number of imide groups is 1. The van der Waals surface area contributed by atoms with Gasteiger partial charge in [-0.1, -0.05) is 0 Å². The number of halogens is 1. The third kappa shape index (κ3) is 2.31. The molecule has 2 rings (SSSR count). The van der Waals surface area contributed by atoms with Gasteiger partial charge in [-0.25, -0.2) is 9.37 Å². The number of amides is 3. The Balaban J connectivity index is 2.33. The second kappa shape index (κ2) is 4.42. The van der Waals surface area contributed by atoms with Crippen molar-refractivity contribution < 1.29 is 18.8 Å². The number of carbonyl (C=O) groups is 3. The van der Waals surface area contributed by atoms with E-state index in [1.54, 1.807) is 0 Å². The molecule has 0 unspecified atom stereocenters. The van der Waals surface area contributed by atoms with Gasteiger partial charge in [-0.2, -0.15) is 0 Å². The lowest BCUT2D eigenvalue weighted by molar-refractivity contribution is -0.143. The van der Waals surface area contributed by atoms with Gasteiger partial charge in [-0.05, 0) is 26.0 Å². The van der Waals surface area contributed by atoms with Gasteiger partial charge in [-0.15, -0.1) is 0 Å². The van der Waals surface area contributed by atoms with Crippen molar-refractivity contribution in [1.82, 2.24) is 15.2 Å². The molecule has 3 amide bonds. The van der Waals surface area contributed by atoms with Crippen molar-refractivity contribution in [1.29, 1.82) is 0 Å². The number of nitrogens with one attached hydrogen (secondary N) is 1. The van der Waals surface area contributed by atoms with E-state index in [4.69, 9.17) is 0 Å². The molecular weight excluding hydrogens is 253 g/mol. The average molecular weight is 265 g/mol. The molecule has 1 N–H and O–H groups in total. The van der Waals surface area contributed by atoms with Gasteiger partial charge in [0.2, 0.25) is 5.91 Å². The summed E-state index contributed by atoms with van der Waals surface area (Å²) in [6.07, 6.45) is 0.909. The molecule has 1 aromatic heterocycles. The minimum Gasteiger partial charge on any atom is -0.314 e. The Hall–Kier alpha value is -2.31. The van der Waals surface area contributed by atoms with Crippen LogP contribution in [-0.2, 0) is 9.59 Å². The molecule has 2 heterocycles. The molecule has 0 atom stereocenters. The van der Waals surface area contributed by atoms with Gasteiger partial charge in [0, 0.05) is 0 Å². The molecule has 0 radical (unpaired) electrons. The van der Waals surface area contributed by atoms with Crippen LogP contribution in [0.4, 0.5) is 4.39 Å². The molecule has 100 valence electrons. The third-order valence-electron chi connectivity index (χ3n) is 2.98. The van der Waals surface area contributed by atoms with E-state index in [1.807, 2.05) is 0 Å². The highest BCUT2D eigenvalue weighted by Crippen LogP contribution is 2.20. The Bertz CT molecular complexity index is 554. The average Bonchev–Trinajstić information content (AvgIpc) is 2.34. The Morgan fingerprint density at radius 1 is 1.42 bits per heavy atom. The highest BCUT2D eigenvalue weighted by Gasteiger charge is 2.44. The summed E-state index contributed by atoms with van der Waals surface area (Å²) in [7, 11) is 0. The van der Waals surface area contributed by atoms with Gasteiger partial charge in [0.1, 0.15) is 23.6 Å². The number of carbonyl (C=O) groups excluding carboxylic acids is 3. The summed E-state index contributed by atoms with van der Waals surface area (Å²) in [5, 5.41) is 2.16. The van der Waals surface area contributed by atoms with Crippen LogP contribution in [0.5, 0.6) is 0 Å². The van der Waals surface area contributed by atoms with Crippen LogP contribution in [0.25, 0.3) is 0 Å². The molecule has 1 fully saturated rings. The maximum atomic E-state index is 12.8. The minimum atomic E-state index is -1.17. The fraction of sp³-hybridized carbons (Fsp3) is 0.333.